The Hall–Kier alpha value is -1.88. The first-order valence-corrected chi connectivity index (χ1v) is 9.34. The number of piperazine rings is 1. The van der Waals surface area contributed by atoms with Crippen molar-refractivity contribution in [1.82, 2.24) is 15.1 Å². The largest absolute Gasteiger partial charge is 0.338 e. The van der Waals surface area contributed by atoms with E-state index in [1.54, 1.807) is 0 Å². The molecular formula is C20H29N3O2. The van der Waals surface area contributed by atoms with Gasteiger partial charge in [0.25, 0.3) is 5.91 Å². The monoisotopic (exact) mass is 343 g/mol. The van der Waals surface area contributed by atoms with Crippen molar-refractivity contribution in [2.75, 3.05) is 32.7 Å². The molecule has 1 aromatic carbocycles. The minimum Gasteiger partial charge on any atom is -0.338 e. The molecule has 3 rings (SSSR count). The van der Waals surface area contributed by atoms with E-state index in [-0.39, 0.29) is 23.8 Å². The molecule has 0 saturated carbocycles. The van der Waals surface area contributed by atoms with E-state index >= 15 is 0 Å². The third-order valence-corrected chi connectivity index (χ3v) is 5.31. The molecule has 2 amide bonds. The molecule has 136 valence electrons. The Balaban J connectivity index is 1.70. The van der Waals surface area contributed by atoms with E-state index in [1.807, 2.05) is 35.8 Å². The standard InChI is InChI=1S/C20H29N3O2/c1-14-9-15(2)11-18(10-14)19(24)22-7-4-5-17(13-22)20(25)23-8-6-21-12-16(23)3/h9-11,16-17,21H,4-8,12-13H2,1-3H3/t16-,17?/m1/s1. The van der Waals surface area contributed by atoms with E-state index in [9.17, 15) is 9.59 Å². The third kappa shape index (κ3) is 4.03. The van der Waals surface area contributed by atoms with Crippen molar-refractivity contribution in [3.05, 3.63) is 34.9 Å². The second-order valence-corrected chi connectivity index (χ2v) is 7.55. The van der Waals surface area contributed by atoms with E-state index in [1.165, 1.54) is 0 Å². The normalized spacial score (nSPS) is 24.3. The van der Waals surface area contributed by atoms with Crippen LogP contribution in [-0.4, -0.2) is 60.4 Å². The molecule has 1 unspecified atom stereocenters. The first-order chi connectivity index (χ1) is 12.0. The van der Waals surface area contributed by atoms with Crippen LogP contribution in [0.25, 0.3) is 0 Å². The number of piperidine rings is 1. The molecule has 2 heterocycles. The summed E-state index contributed by atoms with van der Waals surface area (Å²) in [5.41, 5.74) is 2.94. The molecule has 1 N–H and O–H groups in total. The number of hydrogen-bond acceptors (Lipinski definition) is 3. The topological polar surface area (TPSA) is 52.7 Å². The van der Waals surface area contributed by atoms with Crippen molar-refractivity contribution in [2.45, 2.75) is 39.7 Å². The first-order valence-electron chi connectivity index (χ1n) is 9.34. The number of amides is 2. The molecule has 5 heteroatoms. The second kappa shape index (κ2) is 7.56. The minimum atomic E-state index is -0.0656. The summed E-state index contributed by atoms with van der Waals surface area (Å²) in [5, 5.41) is 3.32. The van der Waals surface area contributed by atoms with Gasteiger partial charge < -0.3 is 15.1 Å². The molecule has 2 fully saturated rings. The highest BCUT2D eigenvalue weighted by Gasteiger charge is 2.34. The molecule has 25 heavy (non-hydrogen) atoms. The summed E-state index contributed by atoms with van der Waals surface area (Å²) in [6.07, 6.45) is 1.78. The summed E-state index contributed by atoms with van der Waals surface area (Å²) < 4.78 is 0. The van der Waals surface area contributed by atoms with Crippen molar-refractivity contribution >= 4 is 11.8 Å². The first kappa shape index (κ1) is 17.9. The van der Waals surface area contributed by atoms with Gasteiger partial charge in [0.1, 0.15) is 0 Å². The lowest BCUT2D eigenvalue weighted by Crippen LogP contribution is -2.55. The van der Waals surface area contributed by atoms with Gasteiger partial charge in [0.2, 0.25) is 5.91 Å². The average Bonchev–Trinajstić information content (AvgIpc) is 2.60. The van der Waals surface area contributed by atoms with Crippen LogP contribution in [0.4, 0.5) is 0 Å². The number of likely N-dealkylation sites (tertiary alicyclic amines) is 1. The van der Waals surface area contributed by atoms with Crippen LogP contribution in [0.1, 0.15) is 41.3 Å². The Kier molecular flexibility index (Phi) is 5.42. The zero-order chi connectivity index (χ0) is 18.0. The molecule has 0 aliphatic carbocycles. The number of carbonyl (C=O) groups excluding carboxylic acids is 2. The Morgan fingerprint density at radius 3 is 2.52 bits per heavy atom. The highest BCUT2D eigenvalue weighted by molar-refractivity contribution is 5.95. The second-order valence-electron chi connectivity index (χ2n) is 7.55. The lowest BCUT2D eigenvalue weighted by molar-refractivity contribution is -0.139. The fourth-order valence-corrected chi connectivity index (χ4v) is 4.05. The molecule has 0 radical (unpaired) electrons. The summed E-state index contributed by atoms with van der Waals surface area (Å²) in [6, 6.07) is 6.19. The molecule has 5 nitrogen and oxygen atoms in total. The van der Waals surface area contributed by atoms with E-state index in [0.29, 0.717) is 6.54 Å². The van der Waals surface area contributed by atoms with Crippen molar-refractivity contribution in [3.8, 4) is 0 Å². The van der Waals surface area contributed by atoms with E-state index in [4.69, 9.17) is 0 Å². The van der Waals surface area contributed by atoms with E-state index in [0.717, 1.165) is 55.7 Å². The van der Waals surface area contributed by atoms with Crippen LogP contribution in [-0.2, 0) is 4.79 Å². The van der Waals surface area contributed by atoms with Crippen LogP contribution in [0.5, 0.6) is 0 Å². The Morgan fingerprint density at radius 1 is 1.12 bits per heavy atom. The Labute approximate surface area is 150 Å². The van der Waals surface area contributed by atoms with Crippen LogP contribution in [0, 0.1) is 19.8 Å². The van der Waals surface area contributed by atoms with Gasteiger partial charge in [-0.25, -0.2) is 0 Å². The highest BCUT2D eigenvalue weighted by atomic mass is 16.2. The Bertz CT molecular complexity index is 638. The van der Waals surface area contributed by atoms with Gasteiger partial charge in [0.15, 0.2) is 0 Å². The lowest BCUT2D eigenvalue weighted by Gasteiger charge is -2.39. The number of aryl methyl sites for hydroxylation is 2. The Morgan fingerprint density at radius 2 is 1.84 bits per heavy atom. The predicted molar refractivity (Wildman–Crippen MR) is 98.6 cm³/mol. The lowest BCUT2D eigenvalue weighted by atomic mass is 9.94. The molecule has 2 aliphatic heterocycles. The SMILES string of the molecule is Cc1cc(C)cc(C(=O)N2CCCC(C(=O)N3CCNC[C@H]3C)C2)c1. The van der Waals surface area contributed by atoms with Crippen LogP contribution in [0.2, 0.25) is 0 Å². The summed E-state index contributed by atoms with van der Waals surface area (Å²) in [4.78, 5) is 29.7. The number of hydrogen-bond donors (Lipinski definition) is 1. The molecule has 0 spiro atoms. The van der Waals surface area contributed by atoms with Gasteiger partial charge in [-0.15, -0.1) is 0 Å². The van der Waals surface area contributed by atoms with Crippen molar-refractivity contribution in [1.29, 1.82) is 0 Å². The maximum Gasteiger partial charge on any atom is 0.253 e. The molecule has 0 aromatic heterocycles. The van der Waals surface area contributed by atoms with Gasteiger partial charge in [0.05, 0.1) is 5.92 Å². The molecule has 0 bridgehead atoms. The summed E-state index contributed by atoms with van der Waals surface area (Å²) >= 11 is 0. The van der Waals surface area contributed by atoms with Gasteiger partial charge in [-0.3, -0.25) is 9.59 Å². The third-order valence-electron chi connectivity index (χ3n) is 5.31. The molecule has 1 aromatic rings. The highest BCUT2D eigenvalue weighted by Crippen LogP contribution is 2.22. The average molecular weight is 343 g/mol. The molecule has 2 atom stereocenters. The fraction of sp³-hybridized carbons (Fsp3) is 0.600. The number of rotatable bonds is 2. The van der Waals surface area contributed by atoms with Gasteiger partial charge >= 0.3 is 0 Å². The quantitative estimate of drug-likeness (QED) is 0.893. The van der Waals surface area contributed by atoms with Crippen molar-refractivity contribution in [3.63, 3.8) is 0 Å². The maximum absolute atomic E-state index is 12.9. The van der Waals surface area contributed by atoms with Crippen LogP contribution in [0.3, 0.4) is 0 Å². The molecular weight excluding hydrogens is 314 g/mol. The van der Waals surface area contributed by atoms with Gasteiger partial charge in [0, 0.05) is 44.3 Å². The van der Waals surface area contributed by atoms with E-state index in [2.05, 4.69) is 18.3 Å². The summed E-state index contributed by atoms with van der Waals surface area (Å²) in [6.45, 7) is 9.87. The predicted octanol–water partition coefficient (Wildman–Crippen LogP) is 1.98. The van der Waals surface area contributed by atoms with Gasteiger partial charge in [-0.1, -0.05) is 17.2 Å². The van der Waals surface area contributed by atoms with Gasteiger partial charge in [-0.05, 0) is 45.7 Å². The molecule has 2 saturated heterocycles. The van der Waals surface area contributed by atoms with Crippen molar-refractivity contribution in [2.24, 2.45) is 5.92 Å². The number of nitrogens with one attached hydrogen (secondary N) is 1. The smallest absolute Gasteiger partial charge is 0.253 e. The van der Waals surface area contributed by atoms with Gasteiger partial charge in [-0.2, -0.15) is 0 Å². The summed E-state index contributed by atoms with van der Waals surface area (Å²) in [7, 11) is 0. The number of nitrogens with zero attached hydrogens (tertiary/aromatic N) is 2. The molecule has 2 aliphatic rings. The maximum atomic E-state index is 12.9. The zero-order valence-corrected chi connectivity index (χ0v) is 15.5. The van der Waals surface area contributed by atoms with Crippen molar-refractivity contribution < 1.29 is 9.59 Å². The zero-order valence-electron chi connectivity index (χ0n) is 15.5. The minimum absolute atomic E-state index is 0.0534. The van der Waals surface area contributed by atoms with Crippen LogP contribution >= 0.6 is 0 Å². The number of benzene rings is 1. The fourth-order valence-electron chi connectivity index (χ4n) is 4.05. The van der Waals surface area contributed by atoms with E-state index < -0.39 is 0 Å². The van der Waals surface area contributed by atoms with Crippen LogP contribution < -0.4 is 5.32 Å². The number of carbonyl (C=O) groups is 2. The van der Waals surface area contributed by atoms with Crippen LogP contribution in [0.15, 0.2) is 18.2 Å². The summed E-state index contributed by atoms with van der Waals surface area (Å²) in [5.74, 6) is 0.203.